The van der Waals surface area contributed by atoms with Crippen LogP contribution in [0.25, 0.3) is 0 Å². The van der Waals surface area contributed by atoms with E-state index >= 15 is 0 Å². The largest absolute Gasteiger partial charge is 0.380 e. The van der Waals surface area contributed by atoms with E-state index in [1.54, 1.807) is 12.1 Å². The fourth-order valence-corrected chi connectivity index (χ4v) is 3.49. The van der Waals surface area contributed by atoms with Crippen molar-refractivity contribution in [2.24, 2.45) is 5.92 Å². The molecule has 6 heteroatoms. The van der Waals surface area contributed by atoms with Gasteiger partial charge in [0.05, 0.1) is 4.92 Å². The lowest BCUT2D eigenvalue weighted by atomic mass is 10.1. The molecule has 0 radical (unpaired) electrons. The maximum absolute atomic E-state index is 12.6. The first-order chi connectivity index (χ1) is 10.1. The van der Waals surface area contributed by atoms with Crippen molar-refractivity contribution in [3.05, 3.63) is 33.9 Å². The molecule has 0 spiro atoms. The van der Waals surface area contributed by atoms with Gasteiger partial charge in [0, 0.05) is 30.8 Å². The molecule has 1 amide bonds. The van der Waals surface area contributed by atoms with E-state index in [-0.39, 0.29) is 11.6 Å². The number of amides is 1. The van der Waals surface area contributed by atoms with Crippen molar-refractivity contribution < 1.29 is 9.72 Å². The fraction of sp³-hybridized carbons (Fsp3) is 0.533. The van der Waals surface area contributed by atoms with Crippen LogP contribution in [0.15, 0.2) is 18.2 Å². The van der Waals surface area contributed by atoms with Gasteiger partial charge in [0.25, 0.3) is 11.6 Å². The Morgan fingerprint density at radius 1 is 1.48 bits per heavy atom. The van der Waals surface area contributed by atoms with Crippen molar-refractivity contribution in [1.82, 2.24) is 4.90 Å². The summed E-state index contributed by atoms with van der Waals surface area (Å²) in [5, 5.41) is 14.1. The third-order valence-electron chi connectivity index (χ3n) is 4.48. The number of fused-ring (bicyclic) bond motifs is 2. The SMILES string of the molecule is CCNc1ccc(C(=O)N2CC3CCC2C3)cc1[N+](=O)[O-]. The monoisotopic (exact) mass is 289 g/mol. The van der Waals surface area contributed by atoms with Crippen LogP contribution in [0.5, 0.6) is 0 Å². The molecule has 0 aromatic heterocycles. The predicted octanol–water partition coefficient (Wildman–Crippen LogP) is 2.65. The second kappa shape index (κ2) is 5.35. The number of anilines is 1. The Labute approximate surface area is 123 Å². The smallest absolute Gasteiger partial charge is 0.293 e. The highest BCUT2D eigenvalue weighted by atomic mass is 16.6. The number of nitro groups is 1. The van der Waals surface area contributed by atoms with E-state index in [1.807, 2.05) is 11.8 Å². The fourth-order valence-electron chi connectivity index (χ4n) is 3.49. The molecular weight excluding hydrogens is 270 g/mol. The van der Waals surface area contributed by atoms with E-state index in [0.29, 0.717) is 29.8 Å². The Bertz CT molecular complexity index is 588. The summed E-state index contributed by atoms with van der Waals surface area (Å²) in [6.07, 6.45) is 3.35. The third-order valence-corrected chi connectivity index (χ3v) is 4.48. The molecule has 112 valence electrons. The van der Waals surface area contributed by atoms with Gasteiger partial charge in [0.1, 0.15) is 5.69 Å². The van der Waals surface area contributed by atoms with Gasteiger partial charge in [0.2, 0.25) is 0 Å². The van der Waals surface area contributed by atoms with Crippen molar-refractivity contribution in [3.8, 4) is 0 Å². The summed E-state index contributed by atoms with van der Waals surface area (Å²) in [5.74, 6) is 0.545. The van der Waals surface area contributed by atoms with Crippen LogP contribution < -0.4 is 5.32 Å². The number of rotatable bonds is 4. The first-order valence-corrected chi connectivity index (χ1v) is 7.43. The molecule has 1 aromatic carbocycles. The summed E-state index contributed by atoms with van der Waals surface area (Å²) in [6.45, 7) is 3.28. The summed E-state index contributed by atoms with van der Waals surface area (Å²) in [5.41, 5.74) is 0.838. The molecule has 21 heavy (non-hydrogen) atoms. The van der Waals surface area contributed by atoms with Crippen LogP contribution in [0.1, 0.15) is 36.5 Å². The van der Waals surface area contributed by atoms with Gasteiger partial charge in [-0.3, -0.25) is 14.9 Å². The number of hydrogen-bond acceptors (Lipinski definition) is 4. The van der Waals surface area contributed by atoms with Gasteiger partial charge in [-0.25, -0.2) is 0 Å². The molecule has 1 aliphatic heterocycles. The Hall–Kier alpha value is -2.11. The quantitative estimate of drug-likeness (QED) is 0.683. The lowest BCUT2D eigenvalue weighted by Gasteiger charge is -2.27. The lowest BCUT2D eigenvalue weighted by Crippen LogP contribution is -2.37. The number of piperidine rings is 1. The molecule has 2 atom stereocenters. The van der Waals surface area contributed by atoms with Crippen LogP contribution in [-0.4, -0.2) is 34.9 Å². The van der Waals surface area contributed by atoms with Crippen LogP contribution in [0.3, 0.4) is 0 Å². The number of likely N-dealkylation sites (tertiary alicyclic amines) is 1. The zero-order valence-corrected chi connectivity index (χ0v) is 12.0. The molecule has 2 aliphatic rings. The van der Waals surface area contributed by atoms with E-state index in [4.69, 9.17) is 0 Å². The van der Waals surface area contributed by atoms with Crippen LogP contribution in [0, 0.1) is 16.0 Å². The molecule has 2 fully saturated rings. The first-order valence-electron chi connectivity index (χ1n) is 7.43. The molecule has 1 N–H and O–H groups in total. The standard InChI is InChI=1S/C15H19N3O3/c1-2-16-13-6-4-11(8-14(13)18(20)21)15(19)17-9-10-3-5-12(17)7-10/h4,6,8,10,12,16H,2-3,5,7,9H2,1H3. The van der Waals surface area contributed by atoms with Crippen LogP contribution >= 0.6 is 0 Å². The molecule has 3 rings (SSSR count). The minimum Gasteiger partial charge on any atom is -0.380 e. The van der Waals surface area contributed by atoms with Gasteiger partial charge in [-0.15, -0.1) is 0 Å². The Balaban J connectivity index is 1.86. The van der Waals surface area contributed by atoms with Crippen molar-refractivity contribution >= 4 is 17.3 Å². The second-order valence-corrected chi connectivity index (χ2v) is 5.81. The van der Waals surface area contributed by atoms with Crippen molar-refractivity contribution in [2.75, 3.05) is 18.4 Å². The molecule has 1 saturated carbocycles. The van der Waals surface area contributed by atoms with E-state index < -0.39 is 4.92 Å². The zero-order valence-electron chi connectivity index (χ0n) is 12.0. The van der Waals surface area contributed by atoms with Gasteiger partial charge < -0.3 is 10.2 Å². The maximum Gasteiger partial charge on any atom is 0.293 e. The molecule has 2 unspecified atom stereocenters. The molecule has 2 bridgehead atoms. The highest BCUT2D eigenvalue weighted by Crippen LogP contribution is 2.38. The topological polar surface area (TPSA) is 75.5 Å². The highest BCUT2D eigenvalue weighted by molar-refractivity contribution is 5.96. The van der Waals surface area contributed by atoms with Gasteiger partial charge >= 0.3 is 0 Å². The summed E-state index contributed by atoms with van der Waals surface area (Å²) >= 11 is 0. The van der Waals surface area contributed by atoms with Gasteiger partial charge in [-0.2, -0.15) is 0 Å². The van der Waals surface area contributed by atoms with E-state index in [2.05, 4.69) is 5.32 Å². The summed E-state index contributed by atoms with van der Waals surface area (Å²) in [4.78, 5) is 25.2. The number of carbonyl (C=O) groups excluding carboxylic acids is 1. The minimum atomic E-state index is -0.440. The van der Waals surface area contributed by atoms with Crippen molar-refractivity contribution in [2.45, 2.75) is 32.2 Å². The van der Waals surface area contributed by atoms with Gasteiger partial charge in [-0.1, -0.05) is 0 Å². The average molecular weight is 289 g/mol. The number of nitrogens with zero attached hydrogens (tertiary/aromatic N) is 2. The number of nitrogens with one attached hydrogen (secondary N) is 1. The summed E-state index contributed by atoms with van der Waals surface area (Å²) in [7, 11) is 0. The van der Waals surface area contributed by atoms with Gasteiger partial charge in [0.15, 0.2) is 0 Å². The number of nitro benzene ring substituents is 1. The third kappa shape index (κ3) is 2.46. The average Bonchev–Trinajstić information content (AvgIpc) is 3.09. The first kappa shape index (κ1) is 13.9. The van der Waals surface area contributed by atoms with Crippen LogP contribution in [-0.2, 0) is 0 Å². The summed E-state index contributed by atoms with van der Waals surface area (Å²) in [6, 6.07) is 5.03. The number of carbonyl (C=O) groups is 1. The Morgan fingerprint density at radius 3 is 2.86 bits per heavy atom. The Kier molecular flexibility index (Phi) is 3.53. The minimum absolute atomic E-state index is 0.0351. The van der Waals surface area contributed by atoms with Crippen LogP contribution in [0.2, 0.25) is 0 Å². The lowest BCUT2D eigenvalue weighted by molar-refractivity contribution is -0.384. The molecular formula is C15H19N3O3. The zero-order chi connectivity index (χ0) is 15.0. The van der Waals surface area contributed by atoms with Crippen molar-refractivity contribution in [1.29, 1.82) is 0 Å². The van der Waals surface area contributed by atoms with E-state index in [9.17, 15) is 14.9 Å². The normalized spacial score (nSPS) is 23.4. The molecule has 1 heterocycles. The van der Waals surface area contributed by atoms with E-state index in [1.165, 1.54) is 12.5 Å². The molecule has 1 saturated heterocycles. The van der Waals surface area contributed by atoms with Gasteiger partial charge in [-0.05, 0) is 44.2 Å². The summed E-state index contributed by atoms with van der Waals surface area (Å²) < 4.78 is 0. The van der Waals surface area contributed by atoms with E-state index in [0.717, 1.165) is 19.4 Å². The molecule has 1 aliphatic carbocycles. The maximum atomic E-state index is 12.6. The molecule has 6 nitrogen and oxygen atoms in total. The van der Waals surface area contributed by atoms with Crippen molar-refractivity contribution in [3.63, 3.8) is 0 Å². The second-order valence-electron chi connectivity index (χ2n) is 5.81. The number of benzene rings is 1. The highest BCUT2D eigenvalue weighted by Gasteiger charge is 2.40. The molecule has 1 aromatic rings. The van der Waals surface area contributed by atoms with Crippen LogP contribution in [0.4, 0.5) is 11.4 Å². The predicted molar refractivity (Wildman–Crippen MR) is 79.4 cm³/mol. The Morgan fingerprint density at radius 2 is 2.29 bits per heavy atom. The number of hydrogen-bond donors (Lipinski definition) is 1.